The van der Waals surface area contributed by atoms with Crippen LogP contribution in [0.4, 0.5) is 14.5 Å². The van der Waals surface area contributed by atoms with Gasteiger partial charge in [-0.3, -0.25) is 9.20 Å². The van der Waals surface area contributed by atoms with Gasteiger partial charge < -0.3 is 5.32 Å². The van der Waals surface area contributed by atoms with E-state index in [-0.39, 0.29) is 5.56 Å². The van der Waals surface area contributed by atoms with Gasteiger partial charge in [0.25, 0.3) is 5.91 Å². The fraction of sp³-hybridized carbons (Fsp3) is 0.0952. The number of anilines is 1. The van der Waals surface area contributed by atoms with Crippen LogP contribution in [0.25, 0.3) is 17.0 Å². The maximum absolute atomic E-state index is 13.0. The van der Waals surface area contributed by atoms with Crippen molar-refractivity contribution in [3.05, 3.63) is 78.2 Å². The van der Waals surface area contributed by atoms with Crippen molar-refractivity contribution in [3.8, 4) is 11.3 Å². The zero-order valence-corrected chi connectivity index (χ0v) is 17.0. The average Bonchev–Trinajstić information content (AvgIpc) is 3.19. The Labute approximate surface area is 176 Å². The molecule has 0 aliphatic heterocycles. The number of carbonyl (C=O) groups excluding carboxylic acids is 1. The zero-order valence-electron chi connectivity index (χ0n) is 16.2. The number of benzene rings is 2. The van der Waals surface area contributed by atoms with E-state index in [2.05, 4.69) is 15.3 Å². The lowest BCUT2D eigenvalue weighted by atomic mass is 10.1. The molecular formula is C21H16F2N4O3S. The Morgan fingerprint density at radius 3 is 2.65 bits per heavy atom. The molecule has 0 bridgehead atoms. The van der Waals surface area contributed by atoms with Gasteiger partial charge in [0.1, 0.15) is 0 Å². The molecule has 7 nitrogen and oxygen atoms in total. The van der Waals surface area contributed by atoms with Crippen molar-refractivity contribution in [1.82, 2.24) is 14.4 Å². The van der Waals surface area contributed by atoms with E-state index in [1.807, 2.05) is 6.07 Å². The van der Waals surface area contributed by atoms with E-state index in [1.165, 1.54) is 18.2 Å². The molecule has 2 aromatic heterocycles. The second-order valence-corrected chi connectivity index (χ2v) is 8.62. The number of nitrogens with one attached hydrogen (secondary N) is 1. The molecule has 10 heteroatoms. The molecule has 4 rings (SSSR count). The first-order valence-corrected chi connectivity index (χ1v) is 10.6. The summed E-state index contributed by atoms with van der Waals surface area (Å²) >= 11 is 0. The maximum Gasteiger partial charge on any atom is 0.341 e. The number of alkyl halides is 2. The quantitative estimate of drug-likeness (QED) is 0.505. The van der Waals surface area contributed by atoms with Gasteiger partial charge in [-0.2, -0.15) is 8.78 Å². The molecule has 0 saturated carbocycles. The van der Waals surface area contributed by atoms with Crippen molar-refractivity contribution in [2.24, 2.45) is 0 Å². The third-order valence-electron chi connectivity index (χ3n) is 4.69. The maximum atomic E-state index is 13.0. The van der Waals surface area contributed by atoms with Crippen molar-refractivity contribution in [1.29, 1.82) is 0 Å². The molecule has 0 radical (unpaired) electrons. The van der Waals surface area contributed by atoms with Gasteiger partial charge in [-0.15, -0.1) is 0 Å². The van der Waals surface area contributed by atoms with Crippen LogP contribution in [-0.2, 0) is 9.84 Å². The number of rotatable bonds is 5. The molecule has 0 atom stereocenters. The number of nitrogens with zero attached hydrogens (tertiary/aromatic N) is 3. The number of amides is 1. The largest absolute Gasteiger partial charge is 0.341 e. The van der Waals surface area contributed by atoms with Crippen LogP contribution in [0.3, 0.4) is 0 Å². The fourth-order valence-corrected chi connectivity index (χ4v) is 4.00. The SMILES string of the molecule is Cc1ccc(-c2cn3cccnc3n2)cc1NC(=O)c1ccccc1S(=O)(=O)C(F)F. The smallest absolute Gasteiger partial charge is 0.322 e. The van der Waals surface area contributed by atoms with E-state index in [1.54, 1.807) is 48.1 Å². The van der Waals surface area contributed by atoms with Crippen molar-refractivity contribution in [2.75, 3.05) is 5.32 Å². The molecule has 1 amide bonds. The number of imidazole rings is 1. The number of aromatic nitrogens is 3. The lowest BCUT2D eigenvalue weighted by Gasteiger charge is -2.13. The number of halogens is 2. The van der Waals surface area contributed by atoms with Crippen molar-refractivity contribution < 1.29 is 22.0 Å². The van der Waals surface area contributed by atoms with Gasteiger partial charge in [-0.1, -0.05) is 24.3 Å². The number of hydrogen-bond acceptors (Lipinski definition) is 5. The summed E-state index contributed by atoms with van der Waals surface area (Å²) in [7, 11) is -4.93. The summed E-state index contributed by atoms with van der Waals surface area (Å²) in [6.07, 6.45) is 5.21. The molecule has 0 spiro atoms. The molecule has 31 heavy (non-hydrogen) atoms. The summed E-state index contributed by atoms with van der Waals surface area (Å²) < 4.78 is 51.7. The summed E-state index contributed by atoms with van der Waals surface area (Å²) in [5, 5.41) is 2.62. The summed E-state index contributed by atoms with van der Waals surface area (Å²) in [5.41, 5.74) is 2.06. The molecule has 1 N–H and O–H groups in total. The Morgan fingerprint density at radius 1 is 1.13 bits per heavy atom. The van der Waals surface area contributed by atoms with Crippen LogP contribution in [0.1, 0.15) is 15.9 Å². The minimum absolute atomic E-state index is 0.357. The first kappa shape index (κ1) is 20.6. The van der Waals surface area contributed by atoms with Gasteiger partial charge in [-0.25, -0.2) is 18.4 Å². The van der Waals surface area contributed by atoms with E-state index in [4.69, 9.17) is 0 Å². The highest BCUT2D eigenvalue weighted by atomic mass is 32.2. The van der Waals surface area contributed by atoms with Crippen LogP contribution >= 0.6 is 0 Å². The Kier molecular flexibility index (Phi) is 5.24. The van der Waals surface area contributed by atoms with Crippen LogP contribution in [0.2, 0.25) is 0 Å². The summed E-state index contributed by atoms with van der Waals surface area (Å²) in [6.45, 7) is 1.76. The van der Waals surface area contributed by atoms with Crippen LogP contribution in [0.15, 0.2) is 72.0 Å². The second kappa shape index (κ2) is 7.88. The number of carbonyl (C=O) groups is 1. The molecule has 2 aromatic carbocycles. The fourth-order valence-electron chi connectivity index (χ4n) is 3.07. The van der Waals surface area contributed by atoms with Crippen LogP contribution in [0.5, 0.6) is 0 Å². The summed E-state index contributed by atoms with van der Waals surface area (Å²) in [5.74, 6) is -3.93. The molecular weight excluding hydrogens is 426 g/mol. The highest BCUT2D eigenvalue weighted by molar-refractivity contribution is 7.91. The Morgan fingerprint density at radius 2 is 1.90 bits per heavy atom. The molecule has 0 fully saturated rings. The van der Waals surface area contributed by atoms with Gasteiger partial charge in [0.15, 0.2) is 0 Å². The molecule has 0 aliphatic carbocycles. The minimum Gasteiger partial charge on any atom is -0.322 e. The topological polar surface area (TPSA) is 93.4 Å². The van der Waals surface area contributed by atoms with E-state index >= 15 is 0 Å². The first-order chi connectivity index (χ1) is 14.8. The number of sulfone groups is 1. The lowest BCUT2D eigenvalue weighted by molar-refractivity contribution is 0.102. The summed E-state index contributed by atoms with van der Waals surface area (Å²) in [6, 6.07) is 11.9. The Balaban J connectivity index is 1.69. The van der Waals surface area contributed by atoms with E-state index in [9.17, 15) is 22.0 Å². The Bertz CT molecular complexity index is 1370. The number of fused-ring (bicyclic) bond motifs is 1. The predicted octanol–water partition coefficient (Wildman–Crippen LogP) is 3.95. The predicted molar refractivity (Wildman–Crippen MR) is 111 cm³/mol. The van der Waals surface area contributed by atoms with E-state index in [0.29, 0.717) is 28.3 Å². The third kappa shape index (κ3) is 3.89. The number of hydrogen-bond donors (Lipinski definition) is 1. The average molecular weight is 442 g/mol. The molecule has 0 saturated heterocycles. The summed E-state index contributed by atoms with van der Waals surface area (Å²) in [4.78, 5) is 20.7. The van der Waals surface area contributed by atoms with Crippen molar-refractivity contribution in [2.45, 2.75) is 17.6 Å². The van der Waals surface area contributed by atoms with Crippen molar-refractivity contribution >= 4 is 27.2 Å². The monoisotopic (exact) mass is 442 g/mol. The van der Waals surface area contributed by atoms with E-state index in [0.717, 1.165) is 6.07 Å². The standard InChI is InChI=1S/C21H16F2N4O3S/c1-13-7-8-14(17-12-27-10-4-9-24-21(27)26-17)11-16(13)25-19(28)15-5-2-3-6-18(15)31(29,30)20(22)23/h2-12,20H,1H3,(H,25,28). The molecule has 0 unspecified atom stereocenters. The van der Waals surface area contributed by atoms with Crippen LogP contribution in [-0.4, -0.2) is 34.5 Å². The minimum atomic E-state index is -4.93. The van der Waals surface area contributed by atoms with Gasteiger partial charge >= 0.3 is 5.76 Å². The molecule has 158 valence electrons. The van der Waals surface area contributed by atoms with Gasteiger partial charge in [0.05, 0.1) is 16.2 Å². The number of aryl methyl sites for hydroxylation is 1. The zero-order chi connectivity index (χ0) is 22.2. The van der Waals surface area contributed by atoms with Crippen LogP contribution in [0, 0.1) is 6.92 Å². The van der Waals surface area contributed by atoms with E-state index < -0.39 is 26.4 Å². The highest BCUT2D eigenvalue weighted by Gasteiger charge is 2.31. The second-order valence-electron chi connectivity index (χ2n) is 6.74. The lowest BCUT2D eigenvalue weighted by Crippen LogP contribution is -2.20. The van der Waals surface area contributed by atoms with Gasteiger partial charge in [0.2, 0.25) is 15.6 Å². The van der Waals surface area contributed by atoms with Gasteiger partial charge in [-0.05, 0) is 36.8 Å². The molecule has 0 aliphatic rings. The molecule has 2 heterocycles. The van der Waals surface area contributed by atoms with Crippen LogP contribution < -0.4 is 5.32 Å². The molecule has 4 aromatic rings. The van der Waals surface area contributed by atoms with Gasteiger partial charge in [0, 0.05) is 29.8 Å². The first-order valence-electron chi connectivity index (χ1n) is 9.10. The Hall–Kier alpha value is -3.66. The third-order valence-corrected chi connectivity index (χ3v) is 6.13. The highest BCUT2D eigenvalue weighted by Crippen LogP contribution is 2.27. The van der Waals surface area contributed by atoms with Crippen molar-refractivity contribution in [3.63, 3.8) is 0 Å². The normalized spacial score (nSPS) is 11.7.